The van der Waals surface area contributed by atoms with E-state index in [0.29, 0.717) is 46.8 Å². The van der Waals surface area contributed by atoms with Crippen molar-refractivity contribution in [2.75, 3.05) is 18.1 Å². The number of furan rings is 1. The van der Waals surface area contributed by atoms with E-state index < -0.39 is 11.9 Å². The highest BCUT2D eigenvalue weighted by molar-refractivity contribution is 6.34. The number of pyridine rings is 1. The fourth-order valence-electron chi connectivity index (χ4n) is 4.77. The average Bonchev–Trinajstić information content (AvgIpc) is 3.62. The van der Waals surface area contributed by atoms with Crippen LogP contribution in [0.5, 0.6) is 0 Å². The van der Waals surface area contributed by atoms with Crippen molar-refractivity contribution in [1.29, 1.82) is 0 Å². The number of carbonyl (C=O) groups excluding carboxylic acids is 2. The molecule has 38 heavy (non-hydrogen) atoms. The van der Waals surface area contributed by atoms with Crippen LogP contribution in [0.1, 0.15) is 49.2 Å². The predicted octanol–water partition coefficient (Wildman–Crippen LogP) is 4.77. The summed E-state index contributed by atoms with van der Waals surface area (Å²) in [6.45, 7) is 4.41. The summed E-state index contributed by atoms with van der Waals surface area (Å²) in [5, 5.41) is 8.67. The molecule has 0 radical (unpaired) electrons. The minimum atomic E-state index is -0.586. The van der Waals surface area contributed by atoms with E-state index in [0.717, 1.165) is 6.42 Å². The third kappa shape index (κ3) is 4.79. The number of fused-ring (bicyclic) bond motifs is 1. The Hall–Kier alpha value is -3.70. The van der Waals surface area contributed by atoms with Crippen LogP contribution in [0.2, 0.25) is 5.02 Å². The van der Waals surface area contributed by atoms with Gasteiger partial charge in [0.25, 0.3) is 0 Å². The molecule has 1 amide bonds. The van der Waals surface area contributed by atoms with Crippen LogP contribution in [0.4, 0.5) is 10.5 Å². The summed E-state index contributed by atoms with van der Waals surface area (Å²) in [4.78, 5) is 33.6. The van der Waals surface area contributed by atoms with E-state index in [9.17, 15) is 9.59 Å². The molecule has 200 valence electrons. The van der Waals surface area contributed by atoms with Crippen molar-refractivity contribution in [2.24, 2.45) is 14.1 Å². The van der Waals surface area contributed by atoms with Crippen molar-refractivity contribution in [3.8, 4) is 11.3 Å². The van der Waals surface area contributed by atoms with Gasteiger partial charge in [-0.15, -0.1) is 0 Å². The zero-order valence-electron chi connectivity index (χ0n) is 21.7. The van der Waals surface area contributed by atoms with Gasteiger partial charge in [-0.2, -0.15) is 10.2 Å². The number of rotatable bonds is 7. The number of nitrogens with zero attached hydrogens (tertiary/aromatic N) is 6. The molecule has 1 fully saturated rings. The highest BCUT2D eigenvalue weighted by Crippen LogP contribution is 2.41. The molecule has 5 rings (SSSR count). The van der Waals surface area contributed by atoms with E-state index in [1.54, 1.807) is 50.4 Å². The molecule has 0 N–H and O–H groups in total. The van der Waals surface area contributed by atoms with Crippen LogP contribution in [-0.2, 0) is 23.6 Å². The van der Waals surface area contributed by atoms with Crippen LogP contribution < -0.4 is 4.90 Å². The zero-order valence-corrected chi connectivity index (χ0v) is 22.4. The maximum Gasteiger partial charge on any atom is 0.414 e. The molecule has 0 aromatic carbocycles. The lowest BCUT2D eigenvalue weighted by Crippen LogP contribution is -2.46. The Morgan fingerprint density at radius 2 is 1.95 bits per heavy atom. The Morgan fingerprint density at radius 1 is 1.18 bits per heavy atom. The van der Waals surface area contributed by atoms with Gasteiger partial charge in [-0.1, -0.05) is 18.5 Å². The largest absolute Gasteiger partial charge is 0.449 e. The predicted molar refractivity (Wildman–Crippen MR) is 140 cm³/mol. The minimum absolute atomic E-state index is 0.0327. The van der Waals surface area contributed by atoms with Crippen molar-refractivity contribution >= 4 is 40.3 Å². The topological polar surface area (TPSA) is 118 Å². The van der Waals surface area contributed by atoms with E-state index in [-0.39, 0.29) is 35.8 Å². The molecule has 2 atom stereocenters. The highest BCUT2D eigenvalue weighted by atomic mass is 35.5. The summed E-state index contributed by atoms with van der Waals surface area (Å²) in [6.07, 6.45) is 7.79. The average molecular weight is 541 g/mol. The molecule has 1 saturated heterocycles. The molecule has 1 aliphatic heterocycles. The number of ketones is 1. The molecular weight excluding hydrogens is 512 g/mol. The monoisotopic (exact) mass is 540 g/mol. The molecule has 4 aromatic rings. The number of aromatic nitrogens is 5. The Bertz CT molecular complexity index is 1490. The Morgan fingerprint density at radius 3 is 2.61 bits per heavy atom. The Labute approximate surface area is 224 Å². The summed E-state index contributed by atoms with van der Waals surface area (Å²) >= 11 is 6.61. The van der Waals surface area contributed by atoms with Gasteiger partial charge < -0.3 is 13.9 Å². The lowest BCUT2D eigenvalue weighted by Gasteiger charge is -2.36. The lowest BCUT2D eigenvalue weighted by molar-refractivity contribution is 0.00467. The van der Waals surface area contributed by atoms with Gasteiger partial charge in [0.15, 0.2) is 5.58 Å². The van der Waals surface area contributed by atoms with Crippen LogP contribution in [0.25, 0.3) is 22.4 Å². The standard InChI is InChI=1S/C26H29ClN6O5/c1-5-18-9-17(7-8-37-18)33(26(35)36-6-2)23-22-20(38-25(23)24(34)16-12-29-32(4)14-16)10-19(27)21(30-22)15-11-28-31(3)13-15/h10-14,17-18H,5-9H2,1-4H3. The molecule has 0 spiro atoms. The van der Waals surface area contributed by atoms with Gasteiger partial charge in [-0.25, -0.2) is 9.78 Å². The second-order valence-electron chi connectivity index (χ2n) is 9.23. The van der Waals surface area contributed by atoms with Crippen molar-refractivity contribution in [3.05, 3.63) is 47.2 Å². The molecule has 0 aliphatic carbocycles. The molecule has 11 nitrogen and oxygen atoms in total. The number of carbonyl (C=O) groups is 2. The van der Waals surface area contributed by atoms with Crippen LogP contribution >= 0.6 is 11.6 Å². The van der Waals surface area contributed by atoms with E-state index in [4.69, 9.17) is 30.5 Å². The summed E-state index contributed by atoms with van der Waals surface area (Å²) in [6, 6.07) is 1.31. The zero-order chi connectivity index (χ0) is 27.0. The summed E-state index contributed by atoms with van der Waals surface area (Å²) < 4.78 is 20.7. The number of halogens is 1. The quantitative estimate of drug-likeness (QED) is 0.308. The first-order valence-corrected chi connectivity index (χ1v) is 12.9. The smallest absolute Gasteiger partial charge is 0.414 e. The Balaban J connectivity index is 1.75. The number of anilines is 1. The van der Waals surface area contributed by atoms with Gasteiger partial charge in [0.2, 0.25) is 11.5 Å². The van der Waals surface area contributed by atoms with E-state index in [1.165, 1.54) is 15.8 Å². The molecule has 0 saturated carbocycles. The first-order valence-electron chi connectivity index (χ1n) is 12.5. The van der Waals surface area contributed by atoms with Gasteiger partial charge in [0.1, 0.15) is 11.2 Å². The fourth-order valence-corrected chi connectivity index (χ4v) is 5.02. The van der Waals surface area contributed by atoms with Crippen molar-refractivity contribution in [2.45, 2.75) is 45.3 Å². The van der Waals surface area contributed by atoms with E-state index in [2.05, 4.69) is 10.2 Å². The maximum absolute atomic E-state index is 13.8. The van der Waals surface area contributed by atoms with Gasteiger partial charge in [-0.3, -0.25) is 19.1 Å². The summed E-state index contributed by atoms with van der Waals surface area (Å²) in [5.41, 5.74) is 2.30. The lowest BCUT2D eigenvalue weighted by atomic mass is 9.99. The molecule has 1 aliphatic rings. The van der Waals surface area contributed by atoms with E-state index >= 15 is 0 Å². The normalized spacial score (nSPS) is 17.6. The first-order chi connectivity index (χ1) is 18.3. The van der Waals surface area contributed by atoms with Crippen molar-refractivity contribution < 1.29 is 23.5 Å². The molecular formula is C26H29ClN6O5. The number of aryl methyl sites for hydroxylation is 2. The summed E-state index contributed by atoms with van der Waals surface area (Å²) in [5.74, 6) is -0.467. The van der Waals surface area contributed by atoms with Gasteiger partial charge in [0, 0.05) is 50.8 Å². The molecule has 0 bridgehead atoms. The number of hydrogen-bond acceptors (Lipinski definition) is 8. The molecule has 12 heteroatoms. The van der Waals surface area contributed by atoms with Crippen molar-refractivity contribution in [3.63, 3.8) is 0 Å². The third-order valence-corrected chi connectivity index (χ3v) is 6.90. The Kier molecular flexibility index (Phi) is 7.22. The van der Waals surface area contributed by atoms with Crippen LogP contribution in [-0.4, -0.2) is 61.8 Å². The van der Waals surface area contributed by atoms with Gasteiger partial charge in [-0.05, 0) is 26.2 Å². The second kappa shape index (κ2) is 10.6. The summed E-state index contributed by atoms with van der Waals surface area (Å²) in [7, 11) is 3.51. The van der Waals surface area contributed by atoms with Crippen LogP contribution in [0.3, 0.4) is 0 Å². The third-order valence-electron chi connectivity index (χ3n) is 6.61. The molecule has 5 heterocycles. The minimum Gasteiger partial charge on any atom is -0.449 e. The number of ether oxygens (including phenoxy) is 2. The molecule has 4 aromatic heterocycles. The van der Waals surface area contributed by atoms with E-state index in [1.807, 2.05) is 6.92 Å². The number of amides is 1. The van der Waals surface area contributed by atoms with Crippen molar-refractivity contribution in [1.82, 2.24) is 24.5 Å². The molecule has 2 unspecified atom stereocenters. The van der Waals surface area contributed by atoms with Crippen LogP contribution in [0.15, 0.2) is 35.3 Å². The van der Waals surface area contributed by atoms with Gasteiger partial charge >= 0.3 is 6.09 Å². The number of hydrogen-bond donors (Lipinski definition) is 0. The second-order valence-corrected chi connectivity index (χ2v) is 9.64. The fraction of sp³-hybridized carbons (Fsp3) is 0.423. The van der Waals surface area contributed by atoms with Gasteiger partial charge in [0.05, 0.1) is 41.4 Å². The maximum atomic E-state index is 13.8. The highest BCUT2D eigenvalue weighted by Gasteiger charge is 2.38. The van der Waals surface area contributed by atoms with Crippen LogP contribution in [0, 0.1) is 0 Å². The SMILES string of the molecule is CCOC(=O)N(c1c(C(=O)c2cnn(C)c2)oc2cc(Cl)c(-c3cnn(C)c3)nc12)C1CCOC(CC)C1. The first kappa shape index (κ1) is 25.9.